The molecule has 13 heavy (non-hydrogen) atoms. The highest BCUT2D eigenvalue weighted by Gasteiger charge is 2.14. The minimum absolute atomic E-state index is 0.695. The highest BCUT2D eigenvalue weighted by atomic mass is 32.1. The van der Waals surface area contributed by atoms with Crippen LogP contribution in [-0.2, 0) is 6.54 Å². The summed E-state index contributed by atoms with van der Waals surface area (Å²) in [5.74, 6) is 0. The number of hydrogen-bond acceptors (Lipinski definition) is 4. The van der Waals surface area contributed by atoms with Crippen molar-refractivity contribution in [3.8, 4) is 0 Å². The maximum absolute atomic E-state index is 5.74. The first kappa shape index (κ1) is 8.97. The Balaban J connectivity index is 1.82. The molecule has 1 saturated carbocycles. The molecule has 2 rings (SSSR count). The molecule has 0 aliphatic heterocycles. The third-order valence-electron chi connectivity index (χ3n) is 2.59. The Morgan fingerprint density at radius 3 is 2.92 bits per heavy atom. The van der Waals surface area contributed by atoms with E-state index in [-0.39, 0.29) is 0 Å². The number of nitrogens with zero attached hydrogens (tertiary/aromatic N) is 1. The molecule has 4 heteroatoms. The molecule has 1 aromatic rings. The summed E-state index contributed by atoms with van der Waals surface area (Å²) in [5, 5.41) is 4.34. The molecule has 0 amide bonds. The van der Waals surface area contributed by atoms with Gasteiger partial charge in [0.25, 0.3) is 0 Å². The second-order valence-electron chi connectivity index (χ2n) is 3.53. The van der Waals surface area contributed by atoms with Crippen molar-refractivity contribution in [2.24, 2.45) is 0 Å². The van der Waals surface area contributed by atoms with E-state index >= 15 is 0 Å². The van der Waals surface area contributed by atoms with E-state index in [0.29, 0.717) is 6.04 Å². The van der Waals surface area contributed by atoms with Gasteiger partial charge in [0.15, 0.2) is 0 Å². The molecule has 1 aliphatic carbocycles. The Labute approximate surface area is 82.4 Å². The zero-order valence-corrected chi connectivity index (χ0v) is 8.44. The second-order valence-corrected chi connectivity index (χ2v) is 4.41. The number of nitrogens with one attached hydrogen (secondary N) is 1. The van der Waals surface area contributed by atoms with E-state index in [9.17, 15) is 0 Å². The number of nitrogens with two attached hydrogens (primary N) is 1. The quantitative estimate of drug-likeness (QED) is 0.776. The molecule has 1 aliphatic rings. The number of hydrogen-bond donors (Lipinski definition) is 2. The van der Waals surface area contributed by atoms with Gasteiger partial charge in [-0.15, -0.1) is 11.3 Å². The normalized spacial score (nSPS) is 18.2. The van der Waals surface area contributed by atoms with Crippen LogP contribution >= 0.6 is 11.3 Å². The van der Waals surface area contributed by atoms with Gasteiger partial charge in [0.05, 0.1) is 11.2 Å². The van der Waals surface area contributed by atoms with E-state index < -0.39 is 0 Å². The third kappa shape index (κ3) is 2.19. The Morgan fingerprint density at radius 1 is 1.54 bits per heavy atom. The molecule has 0 atom stereocenters. The minimum Gasteiger partial charge on any atom is -0.389 e. The van der Waals surface area contributed by atoms with Crippen LogP contribution in [-0.4, -0.2) is 11.0 Å². The molecule has 72 valence electrons. The highest BCUT2D eigenvalue weighted by molar-refractivity contribution is 7.13. The molecule has 1 aromatic heterocycles. The monoisotopic (exact) mass is 197 g/mol. The van der Waals surface area contributed by atoms with Crippen molar-refractivity contribution in [3.63, 3.8) is 0 Å². The summed E-state index contributed by atoms with van der Waals surface area (Å²) in [7, 11) is 0. The van der Waals surface area contributed by atoms with Gasteiger partial charge in [-0.3, -0.25) is 0 Å². The number of nitrogen functional groups attached to an aromatic ring is 1. The van der Waals surface area contributed by atoms with E-state index in [1.807, 2.05) is 0 Å². The Kier molecular flexibility index (Phi) is 2.80. The van der Waals surface area contributed by atoms with Crippen molar-refractivity contribution in [2.75, 3.05) is 5.73 Å². The predicted octanol–water partition coefficient (Wildman–Crippen LogP) is 1.76. The maximum Gasteiger partial charge on any atom is 0.110 e. The van der Waals surface area contributed by atoms with Crippen molar-refractivity contribution < 1.29 is 0 Å². The van der Waals surface area contributed by atoms with Gasteiger partial charge in [-0.25, -0.2) is 4.98 Å². The van der Waals surface area contributed by atoms with Crippen LogP contribution in [0.1, 0.15) is 31.4 Å². The molecule has 1 heterocycles. The SMILES string of the molecule is Nc1scnc1CNC1CCCC1. The van der Waals surface area contributed by atoms with Gasteiger partial charge in [-0.05, 0) is 12.8 Å². The number of thiazole rings is 1. The lowest BCUT2D eigenvalue weighted by Crippen LogP contribution is -2.25. The van der Waals surface area contributed by atoms with E-state index in [0.717, 1.165) is 17.2 Å². The summed E-state index contributed by atoms with van der Waals surface area (Å²) < 4.78 is 0. The molecule has 3 nitrogen and oxygen atoms in total. The number of aromatic nitrogens is 1. The lowest BCUT2D eigenvalue weighted by Gasteiger charge is -2.10. The van der Waals surface area contributed by atoms with Gasteiger partial charge in [-0.1, -0.05) is 12.8 Å². The molecule has 0 bridgehead atoms. The molecule has 0 aromatic carbocycles. The van der Waals surface area contributed by atoms with Gasteiger partial charge in [0.1, 0.15) is 5.00 Å². The van der Waals surface area contributed by atoms with Gasteiger partial charge in [-0.2, -0.15) is 0 Å². The summed E-state index contributed by atoms with van der Waals surface area (Å²) in [4.78, 5) is 4.21. The number of anilines is 1. The zero-order valence-electron chi connectivity index (χ0n) is 7.62. The molecular formula is C9H15N3S. The summed E-state index contributed by atoms with van der Waals surface area (Å²) in [5.41, 5.74) is 8.56. The summed E-state index contributed by atoms with van der Waals surface area (Å²) >= 11 is 1.51. The number of rotatable bonds is 3. The van der Waals surface area contributed by atoms with Gasteiger partial charge in [0, 0.05) is 12.6 Å². The minimum atomic E-state index is 0.695. The van der Waals surface area contributed by atoms with E-state index in [1.54, 1.807) is 5.51 Å². The van der Waals surface area contributed by atoms with Crippen LogP contribution in [0.2, 0.25) is 0 Å². The van der Waals surface area contributed by atoms with Gasteiger partial charge in [0.2, 0.25) is 0 Å². The Hall–Kier alpha value is -0.610. The molecule has 1 fully saturated rings. The lowest BCUT2D eigenvalue weighted by molar-refractivity contribution is 0.521. The van der Waals surface area contributed by atoms with Gasteiger partial charge < -0.3 is 11.1 Å². The summed E-state index contributed by atoms with van der Waals surface area (Å²) in [6.07, 6.45) is 5.35. The van der Waals surface area contributed by atoms with Crippen LogP contribution < -0.4 is 11.1 Å². The first-order valence-electron chi connectivity index (χ1n) is 4.77. The van der Waals surface area contributed by atoms with E-state index in [2.05, 4.69) is 10.3 Å². The van der Waals surface area contributed by atoms with Crippen molar-refractivity contribution in [1.29, 1.82) is 0 Å². The fourth-order valence-electron chi connectivity index (χ4n) is 1.78. The Bertz CT molecular complexity index is 266. The maximum atomic E-state index is 5.74. The first-order chi connectivity index (χ1) is 6.36. The fourth-order valence-corrected chi connectivity index (χ4v) is 2.34. The summed E-state index contributed by atoms with van der Waals surface area (Å²) in [6.45, 7) is 0.833. The first-order valence-corrected chi connectivity index (χ1v) is 5.65. The van der Waals surface area contributed by atoms with Crippen LogP contribution in [0.5, 0.6) is 0 Å². The van der Waals surface area contributed by atoms with E-state index in [4.69, 9.17) is 5.73 Å². The van der Waals surface area contributed by atoms with Crippen LogP contribution in [0.15, 0.2) is 5.51 Å². The lowest BCUT2D eigenvalue weighted by atomic mass is 10.2. The third-order valence-corrected chi connectivity index (χ3v) is 3.29. The topological polar surface area (TPSA) is 50.9 Å². The fraction of sp³-hybridized carbons (Fsp3) is 0.667. The molecule has 0 unspecified atom stereocenters. The largest absolute Gasteiger partial charge is 0.389 e. The van der Waals surface area contributed by atoms with Crippen molar-refractivity contribution in [3.05, 3.63) is 11.2 Å². The Morgan fingerprint density at radius 2 is 2.31 bits per heavy atom. The average Bonchev–Trinajstić information content (AvgIpc) is 2.72. The molecule has 0 radical (unpaired) electrons. The average molecular weight is 197 g/mol. The smallest absolute Gasteiger partial charge is 0.110 e. The van der Waals surface area contributed by atoms with Crippen molar-refractivity contribution in [2.45, 2.75) is 38.3 Å². The molecule has 0 saturated heterocycles. The summed E-state index contributed by atoms with van der Waals surface area (Å²) in [6, 6.07) is 0.695. The molecular weight excluding hydrogens is 182 g/mol. The van der Waals surface area contributed by atoms with Crippen LogP contribution in [0.4, 0.5) is 5.00 Å². The second kappa shape index (κ2) is 4.07. The standard InChI is InChI=1S/C9H15N3S/c10-9-8(12-6-13-9)5-11-7-3-1-2-4-7/h6-7,11H,1-5,10H2. The van der Waals surface area contributed by atoms with Crippen molar-refractivity contribution in [1.82, 2.24) is 10.3 Å². The zero-order chi connectivity index (χ0) is 9.10. The highest BCUT2D eigenvalue weighted by Crippen LogP contribution is 2.19. The predicted molar refractivity (Wildman–Crippen MR) is 55.6 cm³/mol. The van der Waals surface area contributed by atoms with Crippen LogP contribution in [0, 0.1) is 0 Å². The van der Waals surface area contributed by atoms with E-state index in [1.165, 1.54) is 37.0 Å². The molecule has 0 spiro atoms. The van der Waals surface area contributed by atoms with Crippen LogP contribution in [0.25, 0.3) is 0 Å². The van der Waals surface area contributed by atoms with Gasteiger partial charge >= 0.3 is 0 Å². The van der Waals surface area contributed by atoms with Crippen molar-refractivity contribution >= 4 is 16.3 Å². The van der Waals surface area contributed by atoms with Crippen LogP contribution in [0.3, 0.4) is 0 Å². The molecule has 3 N–H and O–H groups in total.